The number of carbonyl (C=O) groups excluding carboxylic acids is 1. The van der Waals surface area contributed by atoms with Gasteiger partial charge in [0.1, 0.15) is 6.10 Å². The molecule has 0 radical (unpaired) electrons. The molecule has 0 bridgehead atoms. The summed E-state index contributed by atoms with van der Waals surface area (Å²) in [6, 6.07) is 0. The van der Waals surface area contributed by atoms with Gasteiger partial charge in [0, 0.05) is 26.2 Å². The smallest absolute Gasteiger partial charge is 0.251 e. The van der Waals surface area contributed by atoms with Gasteiger partial charge in [-0.25, -0.2) is 0 Å². The monoisotopic (exact) mass is 226 g/mol. The van der Waals surface area contributed by atoms with Crippen LogP contribution in [0.25, 0.3) is 0 Å². The maximum atomic E-state index is 12.1. The van der Waals surface area contributed by atoms with E-state index in [0.29, 0.717) is 0 Å². The van der Waals surface area contributed by atoms with Gasteiger partial charge in [-0.2, -0.15) is 0 Å². The second-order valence-electron chi connectivity index (χ2n) is 4.80. The number of carbonyl (C=O) groups is 1. The third kappa shape index (κ3) is 2.95. The SMILES string of the molecule is CC(OC1CNC1)C(=O)N1CCCCCC1. The minimum Gasteiger partial charge on any atom is -0.363 e. The summed E-state index contributed by atoms with van der Waals surface area (Å²) in [5.41, 5.74) is 0. The van der Waals surface area contributed by atoms with Crippen LogP contribution in [0.15, 0.2) is 0 Å². The highest BCUT2D eigenvalue weighted by atomic mass is 16.5. The molecule has 2 saturated heterocycles. The van der Waals surface area contributed by atoms with Crippen LogP contribution in [-0.4, -0.2) is 49.2 Å². The fourth-order valence-electron chi connectivity index (χ4n) is 2.25. The van der Waals surface area contributed by atoms with Crippen LogP contribution in [0.3, 0.4) is 0 Å². The number of nitrogens with zero attached hydrogens (tertiary/aromatic N) is 1. The molecule has 2 rings (SSSR count). The minimum atomic E-state index is -0.273. The average molecular weight is 226 g/mol. The van der Waals surface area contributed by atoms with Gasteiger partial charge in [0.25, 0.3) is 5.91 Å². The van der Waals surface area contributed by atoms with Crippen molar-refractivity contribution in [3.8, 4) is 0 Å². The molecule has 2 aliphatic rings. The molecule has 4 nitrogen and oxygen atoms in total. The first-order chi connectivity index (χ1) is 7.77. The molecule has 0 aromatic rings. The Balaban J connectivity index is 1.79. The summed E-state index contributed by atoms with van der Waals surface area (Å²) < 4.78 is 5.69. The summed E-state index contributed by atoms with van der Waals surface area (Å²) in [5, 5.41) is 3.15. The quantitative estimate of drug-likeness (QED) is 0.772. The molecular formula is C12H22N2O2. The molecule has 1 amide bonds. The highest BCUT2D eigenvalue weighted by molar-refractivity contribution is 5.80. The highest BCUT2D eigenvalue weighted by Crippen LogP contribution is 2.13. The third-order valence-electron chi connectivity index (χ3n) is 3.41. The fourth-order valence-corrected chi connectivity index (χ4v) is 2.25. The normalized spacial score (nSPS) is 24.7. The third-order valence-corrected chi connectivity index (χ3v) is 3.41. The molecule has 92 valence electrons. The number of amides is 1. The molecule has 1 unspecified atom stereocenters. The van der Waals surface area contributed by atoms with Gasteiger partial charge in [-0.3, -0.25) is 4.79 Å². The number of ether oxygens (including phenoxy) is 1. The summed E-state index contributed by atoms with van der Waals surface area (Å²) in [6.45, 7) is 5.48. The van der Waals surface area contributed by atoms with Gasteiger partial charge in [-0.1, -0.05) is 12.8 Å². The Kier molecular flexibility index (Phi) is 4.18. The van der Waals surface area contributed by atoms with Crippen LogP contribution in [0.5, 0.6) is 0 Å². The van der Waals surface area contributed by atoms with Crippen molar-refractivity contribution < 1.29 is 9.53 Å². The standard InChI is InChI=1S/C12H22N2O2/c1-10(16-11-8-13-9-11)12(15)14-6-4-2-3-5-7-14/h10-11,13H,2-9H2,1H3. The van der Waals surface area contributed by atoms with Crippen LogP contribution in [0.1, 0.15) is 32.6 Å². The van der Waals surface area contributed by atoms with E-state index in [9.17, 15) is 4.79 Å². The number of likely N-dealkylation sites (tertiary alicyclic amines) is 1. The maximum absolute atomic E-state index is 12.1. The minimum absolute atomic E-state index is 0.175. The molecule has 1 atom stereocenters. The van der Waals surface area contributed by atoms with Gasteiger partial charge < -0.3 is 15.0 Å². The van der Waals surface area contributed by atoms with E-state index in [1.807, 2.05) is 11.8 Å². The number of rotatable bonds is 3. The fraction of sp³-hybridized carbons (Fsp3) is 0.917. The largest absolute Gasteiger partial charge is 0.363 e. The first-order valence-electron chi connectivity index (χ1n) is 6.42. The summed E-state index contributed by atoms with van der Waals surface area (Å²) in [5.74, 6) is 0.175. The topological polar surface area (TPSA) is 41.6 Å². The molecule has 0 aromatic heterocycles. The molecule has 0 aromatic carbocycles. The Morgan fingerprint density at radius 2 is 1.88 bits per heavy atom. The number of hydrogen-bond donors (Lipinski definition) is 1. The van der Waals surface area contributed by atoms with Gasteiger partial charge >= 0.3 is 0 Å². The van der Waals surface area contributed by atoms with Crippen molar-refractivity contribution in [2.24, 2.45) is 0 Å². The Morgan fingerprint density at radius 3 is 2.38 bits per heavy atom. The van der Waals surface area contributed by atoms with Gasteiger partial charge in [-0.05, 0) is 19.8 Å². The maximum Gasteiger partial charge on any atom is 0.251 e. The van der Waals surface area contributed by atoms with Crippen LogP contribution in [0, 0.1) is 0 Å². The zero-order chi connectivity index (χ0) is 11.4. The van der Waals surface area contributed by atoms with Gasteiger partial charge in [0.05, 0.1) is 6.10 Å². The molecule has 0 spiro atoms. The zero-order valence-electron chi connectivity index (χ0n) is 10.1. The summed E-state index contributed by atoms with van der Waals surface area (Å²) >= 11 is 0. The van der Waals surface area contributed by atoms with E-state index in [1.165, 1.54) is 12.8 Å². The van der Waals surface area contributed by atoms with E-state index >= 15 is 0 Å². The van der Waals surface area contributed by atoms with E-state index in [2.05, 4.69) is 5.32 Å². The van der Waals surface area contributed by atoms with Crippen molar-refractivity contribution in [3.63, 3.8) is 0 Å². The zero-order valence-corrected chi connectivity index (χ0v) is 10.1. The highest BCUT2D eigenvalue weighted by Gasteiger charge is 2.27. The average Bonchev–Trinajstić information content (AvgIpc) is 2.50. The van der Waals surface area contributed by atoms with Gasteiger partial charge in [-0.15, -0.1) is 0 Å². The van der Waals surface area contributed by atoms with Gasteiger partial charge in [0.15, 0.2) is 0 Å². The lowest BCUT2D eigenvalue weighted by Gasteiger charge is -2.31. The Bertz CT molecular complexity index is 233. The van der Waals surface area contributed by atoms with E-state index in [-0.39, 0.29) is 18.1 Å². The predicted molar refractivity (Wildman–Crippen MR) is 62.3 cm³/mol. The van der Waals surface area contributed by atoms with Crippen LogP contribution >= 0.6 is 0 Å². The van der Waals surface area contributed by atoms with Crippen molar-refractivity contribution in [2.75, 3.05) is 26.2 Å². The van der Waals surface area contributed by atoms with Crippen molar-refractivity contribution in [3.05, 3.63) is 0 Å². The second kappa shape index (κ2) is 5.64. The molecule has 0 saturated carbocycles. The lowest BCUT2D eigenvalue weighted by molar-refractivity contribution is -0.147. The van der Waals surface area contributed by atoms with Gasteiger partial charge in [0.2, 0.25) is 0 Å². The number of nitrogens with one attached hydrogen (secondary N) is 1. The van der Waals surface area contributed by atoms with E-state index < -0.39 is 0 Å². The first kappa shape index (κ1) is 11.9. The van der Waals surface area contributed by atoms with E-state index in [4.69, 9.17) is 4.74 Å². The van der Waals surface area contributed by atoms with Crippen molar-refractivity contribution >= 4 is 5.91 Å². The van der Waals surface area contributed by atoms with Crippen LogP contribution < -0.4 is 5.32 Å². The van der Waals surface area contributed by atoms with Crippen molar-refractivity contribution in [1.82, 2.24) is 10.2 Å². The predicted octanol–water partition coefficient (Wildman–Crippen LogP) is 0.766. The second-order valence-corrected chi connectivity index (χ2v) is 4.80. The van der Waals surface area contributed by atoms with E-state index in [0.717, 1.165) is 39.0 Å². The molecule has 2 fully saturated rings. The van der Waals surface area contributed by atoms with E-state index in [1.54, 1.807) is 0 Å². The van der Waals surface area contributed by atoms with Crippen molar-refractivity contribution in [2.45, 2.75) is 44.8 Å². The summed E-state index contributed by atoms with van der Waals surface area (Å²) in [4.78, 5) is 14.1. The Morgan fingerprint density at radius 1 is 1.25 bits per heavy atom. The lowest BCUT2D eigenvalue weighted by Crippen LogP contribution is -2.52. The molecule has 1 N–H and O–H groups in total. The van der Waals surface area contributed by atoms with Crippen LogP contribution in [0.4, 0.5) is 0 Å². The molecule has 4 heteroatoms. The molecule has 0 aliphatic carbocycles. The van der Waals surface area contributed by atoms with Crippen LogP contribution in [0.2, 0.25) is 0 Å². The molecule has 2 heterocycles. The van der Waals surface area contributed by atoms with Crippen molar-refractivity contribution in [1.29, 1.82) is 0 Å². The molecule has 16 heavy (non-hydrogen) atoms. The Hall–Kier alpha value is -0.610. The van der Waals surface area contributed by atoms with Crippen LogP contribution in [-0.2, 0) is 9.53 Å². The Labute approximate surface area is 97.3 Å². The number of hydrogen-bond acceptors (Lipinski definition) is 3. The first-order valence-corrected chi connectivity index (χ1v) is 6.42. The summed E-state index contributed by atoms with van der Waals surface area (Å²) in [6.07, 6.45) is 4.76. The summed E-state index contributed by atoms with van der Waals surface area (Å²) in [7, 11) is 0. The molecule has 2 aliphatic heterocycles. The molecular weight excluding hydrogens is 204 g/mol. The lowest BCUT2D eigenvalue weighted by atomic mass is 10.2.